The molecule has 154 valence electrons. The highest BCUT2D eigenvalue weighted by atomic mass is 32.2. The molecular formula is C20H21FN2O5S. The van der Waals surface area contributed by atoms with Gasteiger partial charge in [0.1, 0.15) is 22.0 Å². The van der Waals surface area contributed by atoms with Gasteiger partial charge in [0, 0.05) is 30.7 Å². The summed E-state index contributed by atoms with van der Waals surface area (Å²) in [5, 5.41) is 3.13. The number of nitrogens with one attached hydrogen (secondary N) is 1. The number of benzene rings is 2. The minimum atomic E-state index is -3.79. The second-order valence-corrected chi connectivity index (χ2v) is 8.65. The molecule has 1 N–H and O–H groups in total. The lowest BCUT2D eigenvalue weighted by Gasteiger charge is -2.16. The Hall–Kier alpha value is -2.91. The normalized spacial score (nSPS) is 11.8. The van der Waals surface area contributed by atoms with Gasteiger partial charge in [-0.3, -0.25) is 4.79 Å². The van der Waals surface area contributed by atoms with Crippen LogP contribution in [-0.4, -0.2) is 39.3 Å². The molecule has 0 radical (unpaired) electrons. The molecule has 1 heterocycles. The molecule has 7 nitrogen and oxygen atoms in total. The summed E-state index contributed by atoms with van der Waals surface area (Å²) in [6, 6.07) is 8.34. The zero-order valence-corrected chi connectivity index (χ0v) is 17.3. The molecule has 0 saturated heterocycles. The molecule has 0 unspecified atom stereocenters. The second kappa shape index (κ2) is 7.84. The number of carbonyl (C=O) groups is 1. The minimum Gasteiger partial charge on any atom is -0.492 e. The molecule has 0 saturated carbocycles. The van der Waals surface area contributed by atoms with Crippen molar-refractivity contribution in [1.29, 1.82) is 0 Å². The van der Waals surface area contributed by atoms with Gasteiger partial charge >= 0.3 is 0 Å². The largest absolute Gasteiger partial charge is 0.492 e. The number of hydrogen-bond acceptors (Lipinski definition) is 5. The van der Waals surface area contributed by atoms with E-state index in [1.165, 1.54) is 50.5 Å². The van der Waals surface area contributed by atoms with Gasteiger partial charge in [-0.25, -0.2) is 17.1 Å². The van der Waals surface area contributed by atoms with E-state index in [-0.39, 0.29) is 28.7 Å². The lowest BCUT2D eigenvalue weighted by atomic mass is 10.1. The number of rotatable bonds is 6. The Bertz CT molecular complexity index is 1190. The van der Waals surface area contributed by atoms with E-state index >= 15 is 0 Å². The number of amides is 1. The van der Waals surface area contributed by atoms with E-state index in [4.69, 9.17) is 9.15 Å². The number of furan rings is 1. The van der Waals surface area contributed by atoms with E-state index in [0.29, 0.717) is 16.5 Å². The molecule has 0 aliphatic heterocycles. The lowest BCUT2D eigenvalue weighted by Crippen LogP contribution is -2.23. The molecule has 29 heavy (non-hydrogen) atoms. The van der Waals surface area contributed by atoms with Gasteiger partial charge in [0.2, 0.25) is 10.0 Å². The van der Waals surface area contributed by atoms with E-state index < -0.39 is 21.7 Å². The number of nitrogens with zero attached hydrogens (tertiary/aromatic N) is 1. The Kier molecular flexibility index (Phi) is 5.63. The number of aryl methyl sites for hydroxylation is 1. The highest BCUT2D eigenvalue weighted by Gasteiger charge is 2.24. The minimum absolute atomic E-state index is 0.0245. The zero-order chi connectivity index (χ0) is 21.3. The van der Waals surface area contributed by atoms with Crippen LogP contribution in [-0.2, 0) is 10.0 Å². The summed E-state index contributed by atoms with van der Waals surface area (Å²) in [7, 11) is -0.974. The van der Waals surface area contributed by atoms with Crippen LogP contribution in [0.15, 0.2) is 45.7 Å². The fourth-order valence-corrected chi connectivity index (χ4v) is 3.91. The summed E-state index contributed by atoms with van der Waals surface area (Å²) in [5.41, 5.74) is 1.13. The van der Waals surface area contributed by atoms with Crippen molar-refractivity contribution in [3.8, 4) is 5.75 Å². The van der Waals surface area contributed by atoms with Gasteiger partial charge in [0.15, 0.2) is 5.76 Å². The standard InChI is InChI=1S/C20H21FN2O5S/c1-5-27-17-9-7-14(11-18(17)29(25,26)23(3)4)22-20(24)19-12(2)15-10-13(21)6-8-16(15)28-19/h6-11H,5H2,1-4H3,(H,22,24). The molecule has 0 aliphatic rings. The van der Waals surface area contributed by atoms with Crippen molar-refractivity contribution in [3.63, 3.8) is 0 Å². The summed E-state index contributed by atoms with van der Waals surface area (Å²) >= 11 is 0. The third-order valence-electron chi connectivity index (χ3n) is 4.36. The van der Waals surface area contributed by atoms with Crippen molar-refractivity contribution >= 4 is 32.6 Å². The quantitative estimate of drug-likeness (QED) is 0.656. The first kappa shape index (κ1) is 20.8. The predicted molar refractivity (Wildman–Crippen MR) is 107 cm³/mol. The molecule has 3 aromatic rings. The van der Waals surface area contributed by atoms with Crippen LogP contribution in [0.2, 0.25) is 0 Å². The molecule has 1 amide bonds. The van der Waals surface area contributed by atoms with Gasteiger partial charge in [-0.1, -0.05) is 0 Å². The molecule has 2 aromatic carbocycles. The fraction of sp³-hybridized carbons (Fsp3) is 0.250. The van der Waals surface area contributed by atoms with Crippen LogP contribution < -0.4 is 10.1 Å². The number of ether oxygens (including phenoxy) is 1. The monoisotopic (exact) mass is 420 g/mol. The summed E-state index contributed by atoms with van der Waals surface area (Å²) < 4.78 is 50.8. The highest BCUT2D eigenvalue weighted by molar-refractivity contribution is 7.89. The first-order valence-electron chi connectivity index (χ1n) is 8.84. The number of anilines is 1. The van der Waals surface area contributed by atoms with Crippen molar-refractivity contribution in [1.82, 2.24) is 4.31 Å². The fourth-order valence-electron chi connectivity index (χ4n) is 2.86. The zero-order valence-electron chi connectivity index (χ0n) is 16.4. The van der Waals surface area contributed by atoms with Crippen molar-refractivity contribution in [2.75, 3.05) is 26.0 Å². The lowest BCUT2D eigenvalue weighted by molar-refractivity contribution is 0.0998. The smallest absolute Gasteiger partial charge is 0.291 e. The molecule has 0 spiro atoms. The van der Waals surface area contributed by atoms with Crippen LogP contribution in [0.5, 0.6) is 5.75 Å². The number of sulfonamides is 1. The van der Waals surface area contributed by atoms with Crippen LogP contribution in [0.4, 0.5) is 10.1 Å². The molecule has 1 aromatic heterocycles. The Morgan fingerprint density at radius 2 is 1.93 bits per heavy atom. The topological polar surface area (TPSA) is 88.8 Å². The van der Waals surface area contributed by atoms with E-state index in [0.717, 1.165) is 4.31 Å². The Labute approximate surface area is 168 Å². The van der Waals surface area contributed by atoms with Gasteiger partial charge < -0.3 is 14.5 Å². The summed E-state index contributed by atoms with van der Waals surface area (Å²) in [6.07, 6.45) is 0. The van der Waals surface area contributed by atoms with Crippen molar-refractivity contribution < 1.29 is 26.8 Å². The van der Waals surface area contributed by atoms with E-state index in [1.54, 1.807) is 13.8 Å². The van der Waals surface area contributed by atoms with Crippen LogP contribution in [0.1, 0.15) is 23.0 Å². The van der Waals surface area contributed by atoms with Crippen LogP contribution in [0, 0.1) is 12.7 Å². The van der Waals surface area contributed by atoms with E-state index in [1.807, 2.05) is 0 Å². The van der Waals surface area contributed by atoms with Crippen LogP contribution >= 0.6 is 0 Å². The van der Waals surface area contributed by atoms with Crippen molar-refractivity contribution in [2.24, 2.45) is 0 Å². The number of hydrogen-bond donors (Lipinski definition) is 1. The average Bonchev–Trinajstić information content (AvgIpc) is 2.99. The first-order valence-corrected chi connectivity index (χ1v) is 10.3. The van der Waals surface area contributed by atoms with Gasteiger partial charge in [0.25, 0.3) is 5.91 Å². The van der Waals surface area contributed by atoms with Crippen LogP contribution in [0.25, 0.3) is 11.0 Å². The molecule has 0 fully saturated rings. The maximum atomic E-state index is 13.5. The van der Waals surface area contributed by atoms with E-state index in [9.17, 15) is 17.6 Å². The molecule has 0 bridgehead atoms. The van der Waals surface area contributed by atoms with Gasteiger partial charge in [-0.05, 0) is 50.2 Å². The Morgan fingerprint density at radius 3 is 2.59 bits per heavy atom. The van der Waals surface area contributed by atoms with Gasteiger partial charge in [0.05, 0.1) is 6.61 Å². The number of fused-ring (bicyclic) bond motifs is 1. The highest BCUT2D eigenvalue weighted by Crippen LogP contribution is 2.30. The summed E-state index contributed by atoms with van der Waals surface area (Å²) in [6.45, 7) is 3.69. The average molecular weight is 420 g/mol. The molecule has 0 atom stereocenters. The number of carbonyl (C=O) groups excluding carboxylic acids is 1. The van der Waals surface area contributed by atoms with Gasteiger partial charge in [-0.15, -0.1) is 0 Å². The molecular weight excluding hydrogens is 399 g/mol. The van der Waals surface area contributed by atoms with Crippen molar-refractivity contribution in [3.05, 3.63) is 53.5 Å². The molecule has 0 aliphatic carbocycles. The van der Waals surface area contributed by atoms with Gasteiger partial charge in [-0.2, -0.15) is 0 Å². The van der Waals surface area contributed by atoms with E-state index in [2.05, 4.69) is 5.32 Å². The Morgan fingerprint density at radius 1 is 1.21 bits per heavy atom. The third kappa shape index (κ3) is 3.96. The molecule has 9 heteroatoms. The maximum Gasteiger partial charge on any atom is 0.291 e. The Balaban J connectivity index is 1.98. The number of halogens is 1. The maximum absolute atomic E-state index is 13.5. The SMILES string of the molecule is CCOc1ccc(NC(=O)c2oc3ccc(F)cc3c2C)cc1S(=O)(=O)N(C)C. The predicted octanol–water partition coefficient (Wildman–Crippen LogP) is 3.78. The van der Waals surface area contributed by atoms with Crippen LogP contribution in [0.3, 0.4) is 0 Å². The molecule has 3 rings (SSSR count). The third-order valence-corrected chi connectivity index (χ3v) is 6.20. The second-order valence-electron chi connectivity index (χ2n) is 6.53. The summed E-state index contributed by atoms with van der Waals surface area (Å²) in [4.78, 5) is 12.6. The van der Waals surface area contributed by atoms with Crippen molar-refractivity contribution in [2.45, 2.75) is 18.7 Å². The summed E-state index contributed by atoms with van der Waals surface area (Å²) in [5.74, 6) is -0.791. The first-order chi connectivity index (χ1) is 13.6.